The number of esters is 1. The van der Waals surface area contributed by atoms with Crippen molar-refractivity contribution in [3.8, 4) is 5.75 Å². The minimum absolute atomic E-state index is 0.0335. The molecule has 0 saturated heterocycles. The van der Waals surface area contributed by atoms with Gasteiger partial charge in [-0.25, -0.2) is 0 Å². The topological polar surface area (TPSA) is 78.7 Å². The van der Waals surface area contributed by atoms with E-state index < -0.39 is 4.92 Å². The first kappa shape index (κ1) is 13.3. The normalized spacial score (nSPS) is 21.9. The zero-order chi connectivity index (χ0) is 13.8. The summed E-state index contributed by atoms with van der Waals surface area (Å²) in [7, 11) is 1.38. The average molecular weight is 265 g/mol. The molecule has 0 aliphatic heterocycles. The van der Waals surface area contributed by atoms with Crippen molar-refractivity contribution >= 4 is 11.7 Å². The molecular weight excluding hydrogens is 250 g/mol. The van der Waals surface area contributed by atoms with Crippen molar-refractivity contribution in [2.24, 2.45) is 5.92 Å². The number of carbonyl (C=O) groups is 1. The monoisotopic (exact) mass is 265 g/mol. The number of hydrogen-bond donors (Lipinski definition) is 0. The van der Waals surface area contributed by atoms with Gasteiger partial charge in [-0.15, -0.1) is 0 Å². The SMILES string of the molecule is COC(=O)[C@H]1CC[C@@H](Oc2ccc([N+](=O)[O-])cc2)C1. The molecule has 1 aromatic rings. The van der Waals surface area contributed by atoms with E-state index in [1.165, 1.54) is 19.2 Å². The third-order valence-electron chi connectivity index (χ3n) is 3.27. The first-order valence-corrected chi connectivity index (χ1v) is 6.09. The number of methoxy groups -OCH3 is 1. The van der Waals surface area contributed by atoms with Crippen LogP contribution in [0.2, 0.25) is 0 Å². The predicted octanol–water partition coefficient (Wildman–Crippen LogP) is 2.32. The number of nitrogens with zero attached hydrogens (tertiary/aromatic N) is 1. The van der Waals surface area contributed by atoms with Crippen molar-refractivity contribution in [3.63, 3.8) is 0 Å². The number of nitro benzene ring substituents is 1. The third-order valence-corrected chi connectivity index (χ3v) is 3.27. The summed E-state index contributed by atoms with van der Waals surface area (Å²) in [6.07, 6.45) is 2.13. The second-order valence-electron chi connectivity index (χ2n) is 4.52. The lowest BCUT2D eigenvalue weighted by molar-refractivity contribution is -0.384. The molecular formula is C13H15NO5. The van der Waals surface area contributed by atoms with Crippen LogP contribution in [-0.2, 0) is 9.53 Å². The molecule has 0 bridgehead atoms. The van der Waals surface area contributed by atoms with Gasteiger partial charge >= 0.3 is 5.97 Å². The summed E-state index contributed by atoms with van der Waals surface area (Å²) >= 11 is 0. The van der Waals surface area contributed by atoms with Gasteiger partial charge in [0.15, 0.2) is 0 Å². The van der Waals surface area contributed by atoms with Gasteiger partial charge in [-0.2, -0.15) is 0 Å². The molecule has 102 valence electrons. The molecule has 0 heterocycles. The number of benzene rings is 1. The highest BCUT2D eigenvalue weighted by Gasteiger charge is 2.31. The van der Waals surface area contributed by atoms with Crippen LogP contribution in [0.5, 0.6) is 5.75 Å². The highest BCUT2D eigenvalue weighted by Crippen LogP contribution is 2.30. The van der Waals surface area contributed by atoms with Crippen molar-refractivity contribution in [2.45, 2.75) is 25.4 Å². The van der Waals surface area contributed by atoms with Crippen LogP contribution in [-0.4, -0.2) is 24.1 Å². The van der Waals surface area contributed by atoms with Gasteiger partial charge in [-0.1, -0.05) is 0 Å². The van der Waals surface area contributed by atoms with Crippen LogP contribution >= 0.6 is 0 Å². The second kappa shape index (κ2) is 5.69. The van der Waals surface area contributed by atoms with Crippen LogP contribution in [0.3, 0.4) is 0 Å². The molecule has 0 radical (unpaired) electrons. The summed E-state index contributed by atoms with van der Waals surface area (Å²) in [4.78, 5) is 21.4. The first-order chi connectivity index (χ1) is 9.10. The molecule has 1 saturated carbocycles. The maximum atomic E-state index is 11.4. The Morgan fingerprint density at radius 3 is 2.58 bits per heavy atom. The molecule has 2 rings (SSSR count). The fourth-order valence-corrected chi connectivity index (χ4v) is 2.27. The van der Waals surface area contributed by atoms with Crippen molar-refractivity contribution in [2.75, 3.05) is 7.11 Å². The summed E-state index contributed by atoms with van der Waals surface area (Å²) in [6.45, 7) is 0. The van der Waals surface area contributed by atoms with Crippen molar-refractivity contribution in [1.82, 2.24) is 0 Å². The van der Waals surface area contributed by atoms with Crippen LogP contribution in [0.15, 0.2) is 24.3 Å². The molecule has 0 spiro atoms. The predicted molar refractivity (Wildman–Crippen MR) is 66.9 cm³/mol. The van der Waals surface area contributed by atoms with E-state index in [-0.39, 0.29) is 23.7 Å². The molecule has 6 heteroatoms. The standard InChI is InChI=1S/C13H15NO5/c1-18-13(15)9-2-5-12(8-9)19-11-6-3-10(4-7-11)14(16)17/h3-4,6-7,9,12H,2,5,8H2,1H3/t9-,12+/m0/s1. The Balaban J connectivity index is 1.92. The number of nitro groups is 1. The minimum atomic E-state index is -0.452. The van der Waals surface area contributed by atoms with Gasteiger partial charge in [0.2, 0.25) is 0 Å². The van der Waals surface area contributed by atoms with E-state index in [2.05, 4.69) is 0 Å². The van der Waals surface area contributed by atoms with Gasteiger partial charge < -0.3 is 9.47 Å². The highest BCUT2D eigenvalue weighted by atomic mass is 16.6. The molecule has 0 N–H and O–H groups in total. The Bertz CT molecular complexity index is 470. The Hall–Kier alpha value is -2.11. The van der Waals surface area contributed by atoms with Crippen molar-refractivity contribution in [3.05, 3.63) is 34.4 Å². The molecule has 1 fully saturated rings. The zero-order valence-electron chi connectivity index (χ0n) is 10.6. The quantitative estimate of drug-likeness (QED) is 0.474. The highest BCUT2D eigenvalue weighted by molar-refractivity contribution is 5.72. The largest absolute Gasteiger partial charge is 0.490 e. The maximum Gasteiger partial charge on any atom is 0.308 e. The summed E-state index contributed by atoms with van der Waals surface area (Å²) < 4.78 is 10.4. The van der Waals surface area contributed by atoms with Crippen LogP contribution in [0.25, 0.3) is 0 Å². The lowest BCUT2D eigenvalue weighted by Crippen LogP contribution is -2.16. The molecule has 0 aromatic heterocycles. The van der Waals surface area contributed by atoms with E-state index in [1.807, 2.05) is 0 Å². The number of non-ortho nitro benzene ring substituents is 1. The Kier molecular flexibility index (Phi) is 3.99. The molecule has 0 amide bonds. The van der Waals surface area contributed by atoms with E-state index in [1.54, 1.807) is 12.1 Å². The van der Waals surface area contributed by atoms with Crippen LogP contribution in [0, 0.1) is 16.0 Å². The van der Waals surface area contributed by atoms with E-state index in [0.717, 1.165) is 12.8 Å². The number of hydrogen-bond acceptors (Lipinski definition) is 5. The van der Waals surface area contributed by atoms with Gasteiger partial charge in [0.1, 0.15) is 5.75 Å². The third kappa shape index (κ3) is 3.21. The fraction of sp³-hybridized carbons (Fsp3) is 0.462. The molecule has 6 nitrogen and oxygen atoms in total. The Morgan fingerprint density at radius 1 is 1.32 bits per heavy atom. The van der Waals surface area contributed by atoms with Gasteiger partial charge in [0.25, 0.3) is 5.69 Å². The fourth-order valence-electron chi connectivity index (χ4n) is 2.27. The van der Waals surface area contributed by atoms with E-state index in [4.69, 9.17) is 9.47 Å². The first-order valence-electron chi connectivity index (χ1n) is 6.09. The summed E-state index contributed by atoms with van der Waals surface area (Å²) in [5, 5.41) is 10.5. The summed E-state index contributed by atoms with van der Waals surface area (Å²) in [6, 6.07) is 5.96. The van der Waals surface area contributed by atoms with Crippen LogP contribution in [0.4, 0.5) is 5.69 Å². The molecule has 1 aliphatic rings. The minimum Gasteiger partial charge on any atom is -0.490 e. The zero-order valence-corrected chi connectivity index (χ0v) is 10.6. The number of carbonyl (C=O) groups excluding carboxylic acids is 1. The molecule has 1 aromatic carbocycles. The van der Waals surface area contributed by atoms with E-state index >= 15 is 0 Å². The summed E-state index contributed by atoms with van der Waals surface area (Å²) in [5.41, 5.74) is 0.0335. The van der Waals surface area contributed by atoms with Crippen molar-refractivity contribution in [1.29, 1.82) is 0 Å². The second-order valence-corrected chi connectivity index (χ2v) is 4.52. The smallest absolute Gasteiger partial charge is 0.308 e. The van der Waals surface area contributed by atoms with Gasteiger partial charge in [-0.3, -0.25) is 14.9 Å². The molecule has 19 heavy (non-hydrogen) atoms. The lowest BCUT2D eigenvalue weighted by atomic mass is 10.1. The summed E-state index contributed by atoms with van der Waals surface area (Å²) in [5.74, 6) is 0.281. The van der Waals surface area contributed by atoms with E-state index in [9.17, 15) is 14.9 Å². The average Bonchev–Trinajstić information content (AvgIpc) is 2.87. The maximum absolute atomic E-state index is 11.4. The molecule has 0 unspecified atom stereocenters. The van der Waals surface area contributed by atoms with Gasteiger partial charge in [-0.05, 0) is 31.4 Å². The van der Waals surface area contributed by atoms with Crippen molar-refractivity contribution < 1.29 is 19.2 Å². The number of ether oxygens (including phenoxy) is 2. The lowest BCUT2D eigenvalue weighted by Gasteiger charge is -2.13. The molecule has 1 aliphatic carbocycles. The Labute approximate surface area is 110 Å². The van der Waals surface area contributed by atoms with Gasteiger partial charge in [0, 0.05) is 12.1 Å². The van der Waals surface area contributed by atoms with Gasteiger partial charge in [0.05, 0.1) is 24.1 Å². The molecule has 2 atom stereocenters. The van der Waals surface area contributed by atoms with Crippen LogP contribution in [0.1, 0.15) is 19.3 Å². The Morgan fingerprint density at radius 2 is 2.00 bits per heavy atom. The van der Waals surface area contributed by atoms with E-state index in [0.29, 0.717) is 12.2 Å². The van der Waals surface area contributed by atoms with Crippen LogP contribution < -0.4 is 4.74 Å². The number of rotatable bonds is 4.